The van der Waals surface area contributed by atoms with Crippen LogP contribution in [-0.2, 0) is 0 Å². The molecule has 8 heteroatoms. The maximum atomic E-state index is 14.0. The van der Waals surface area contributed by atoms with Crippen LogP contribution in [0.15, 0.2) is 42.7 Å². The number of primary amides is 1. The van der Waals surface area contributed by atoms with Gasteiger partial charge in [0.15, 0.2) is 11.6 Å². The third kappa shape index (κ3) is 3.28. The number of aromatic nitrogens is 2. The number of carbonyl (C=O) groups is 1. The fourth-order valence-corrected chi connectivity index (χ4v) is 3.56. The third-order valence-electron chi connectivity index (χ3n) is 4.96. The van der Waals surface area contributed by atoms with Crippen molar-refractivity contribution in [3.05, 3.63) is 54.1 Å². The van der Waals surface area contributed by atoms with Crippen LogP contribution in [0.25, 0.3) is 10.9 Å². The van der Waals surface area contributed by atoms with Crippen molar-refractivity contribution in [1.82, 2.24) is 9.97 Å². The lowest BCUT2D eigenvalue weighted by Crippen LogP contribution is -2.26. The number of ether oxygens (including phenoxy) is 1. The van der Waals surface area contributed by atoms with Crippen LogP contribution in [0.5, 0.6) is 5.75 Å². The van der Waals surface area contributed by atoms with Crippen molar-refractivity contribution in [2.24, 2.45) is 5.73 Å². The van der Waals surface area contributed by atoms with Gasteiger partial charge in [0.05, 0.1) is 18.2 Å². The number of benzene rings is 2. The summed E-state index contributed by atoms with van der Waals surface area (Å²) in [6, 6.07) is 10.4. The maximum absolute atomic E-state index is 14.0. The molecule has 0 saturated carbocycles. The van der Waals surface area contributed by atoms with Crippen LogP contribution < -0.4 is 20.7 Å². The first-order valence-corrected chi connectivity index (χ1v) is 8.95. The molecule has 1 saturated heterocycles. The van der Waals surface area contributed by atoms with Crippen LogP contribution >= 0.6 is 0 Å². The summed E-state index contributed by atoms with van der Waals surface area (Å²) >= 11 is 0. The molecular weight excluding hydrogens is 361 g/mol. The highest BCUT2D eigenvalue weighted by molar-refractivity contribution is 6.06. The Kier molecular flexibility index (Phi) is 4.68. The van der Waals surface area contributed by atoms with Gasteiger partial charge < -0.3 is 20.7 Å². The highest BCUT2D eigenvalue weighted by Crippen LogP contribution is 2.28. The number of nitrogens with one attached hydrogen (secondary N) is 1. The molecule has 0 bridgehead atoms. The van der Waals surface area contributed by atoms with Crippen LogP contribution in [0.4, 0.5) is 15.9 Å². The van der Waals surface area contributed by atoms with Crippen molar-refractivity contribution >= 4 is 28.3 Å². The Balaban J connectivity index is 1.54. The first-order valence-electron chi connectivity index (χ1n) is 8.95. The highest BCUT2D eigenvalue weighted by Gasteiger charge is 2.24. The standard InChI is InChI=1S/C20H20FN5O2/c1-28-17-6-5-13(9-16(17)21)26-8-7-12(10-26)25-20-15-4-2-3-14(19(22)27)18(15)23-11-24-20/h2-6,9,11-12H,7-8,10H2,1H3,(H2,22,27)(H,23,24,25). The maximum Gasteiger partial charge on any atom is 0.250 e. The number of amides is 1. The molecule has 1 atom stereocenters. The SMILES string of the molecule is COc1ccc(N2CCC(Nc3ncnc4c(C(N)=O)cccc34)C2)cc1F. The lowest BCUT2D eigenvalue weighted by molar-refractivity contribution is 0.100. The Morgan fingerprint density at radius 3 is 2.93 bits per heavy atom. The molecule has 0 spiro atoms. The lowest BCUT2D eigenvalue weighted by Gasteiger charge is -2.20. The van der Waals surface area contributed by atoms with Crippen molar-refractivity contribution in [3.8, 4) is 5.75 Å². The molecule has 0 aliphatic carbocycles. The van der Waals surface area contributed by atoms with Gasteiger partial charge in [0.25, 0.3) is 5.91 Å². The number of anilines is 2. The van der Waals surface area contributed by atoms with Gasteiger partial charge in [-0.15, -0.1) is 0 Å². The van der Waals surface area contributed by atoms with Crippen LogP contribution in [0.3, 0.4) is 0 Å². The Bertz CT molecular complexity index is 1040. The Hall–Kier alpha value is -3.42. The van der Waals surface area contributed by atoms with Gasteiger partial charge in [-0.3, -0.25) is 4.79 Å². The third-order valence-corrected chi connectivity index (χ3v) is 4.96. The van der Waals surface area contributed by atoms with E-state index in [1.54, 1.807) is 18.2 Å². The number of rotatable bonds is 5. The molecule has 144 valence electrons. The van der Waals surface area contributed by atoms with Gasteiger partial charge >= 0.3 is 0 Å². The average Bonchev–Trinajstić information content (AvgIpc) is 3.16. The Morgan fingerprint density at radius 1 is 1.32 bits per heavy atom. The van der Waals surface area contributed by atoms with Crippen molar-refractivity contribution in [2.45, 2.75) is 12.5 Å². The van der Waals surface area contributed by atoms with Crippen molar-refractivity contribution < 1.29 is 13.9 Å². The number of hydrogen-bond acceptors (Lipinski definition) is 6. The number of nitrogens with two attached hydrogens (primary N) is 1. The molecule has 7 nitrogen and oxygen atoms in total. The fraction of sp³-hybridized carbons (Fsp3) is 0.250. The summed E-state index contributed by atoms with van der Waals surface area (Å²) in [4.78, 5) is 22.3. The normalized spacial score (nSPS) is 16.4. The fourth-order valence-electron chi connectivity index (χ4n) is 3.56. The van der Waals surface area contributed by atoms with E-state index in [1.807, 2.05) is 12.1 Å². The number of hydrogen-bond donors (Lipinski definition) is 2. The molecule has 2 heterocycles. The molecule has 28 heavy (non-hydrogen) atoms. The summed E-state index contributed by atoms with van der Waals surface area (Å²) in [7, 11) is 1.45. The monoisotopic (exact) mass is 381 g/mol. The molecule has 3 aromatic rings. The summed E-state index contributed by atoms with van der Waals surface area (Å²) in [6.45, 7) is 1.49. The van der Waals surface area contributed by atoms with E-state index in [0.717, 1.165) is 24.0 Å². The molecule has 1 aromatic heterocycles. The lowest BCUT2D eigenvalue weighted by atomic mass is 10.1. The first kappa shape index (κ1) is 18.0. The van der Waals surface area contributed by atoms with Gasteiger partial charge in [-0.2, -0.15) is 0 Å². The zero-order valence-corrected chi connectivity index (χ0v) is 15.4. The topological polar surface area (TPSA) is 93.4 Å². The number of methoxy groups -OCH3 is 1. The minimum absolute atomic E-state index is 0.125. The predicted octanol–water partition coefficient (Wildman–Crippen LogP) is 2.57. The molecule has 1 unspecified atom stereocenters. The van der Waals surface area contributed by atoms with Gasteiger partial charge in [0.1, 0.15) is 12.1 Å². The molecule has 1 amide bonds. The second-order valence-corrected chi connectivity index (χ2v) is 6.68. The van der Waals surface area contributed by atoms with Crippen LogP contribution in [-0.4, -0.2) is 42.1 Å². The van der Waals surface area contributed by atoms with Gasteiger partial charge in [-0.1, -0.05) is 6.07 Å². The van der Waals surface area contributed by atoms with Crippen molar-refractivity contribution in [1.29, 1.82) is 0 Å². The van der Waals surface area contributed by atoms with Crippen LogP contribution in [0, 0.1) is 5.82 Å². The van der Waals surface area contributed by atoms with Crippen molar-refractivity contribution in [3.63, 3.8) is 0 Å². The van der Waals surface area contributed by atoms with E-state index in [0.29, 0.717) is 23.4 Å². The molecule has 1 fully saturated rings. The second kappa shape index (κ2) is 7.30. The van der Waals surface area contributed by atoms with E-state index in [9.17, 15) is 9.18 Å². The highest BCUT2D eigenvalue weighted by atomic mass is 19.1. The molecule has 1 aliphatic heterocycles. The van der Waals surface area contributed by atoms with Crippen molar-refractivity contribution in [2.75, 3.05) is 30.4 Å². The van der Waals surface area contributed by atoms with Gasteiger partial charge in [0.2, 0.25) is 0 Å². The minimum Gasteiger partial charge on any atom is -0.494 e. The Morgan fingerprint density at radius 2 is 2.18 bits per heavy atom. The predicted molar refractivity (Wildman–Crippen MR) is 105 cm³/mol. The van der Waals surface area contributed by atoms with Gasteiger partial charge in [-0.05, 0) is 30.7 Å². The summed E-state index contributed by atoms with van der Waals surface area (Å²) in [5.41, 5.74) is 7.15. The quantitative estimate of drug-likeness (QED) is 0.706. The number of carbonyl (C=O) groups excluding carboxylic acids is 1. The summed E-state index contributed by atoms with van der Waals surface area (Å²) in [5.74, 6) is -0.0165. The second-order valence-electron chi connectivity index (χ2n) is 6.68. The summed E-state index contributed by atoms with van der Waals surface area (Å²) in [6.07, 6.45) is 2.29. The molecule has 4 rings (SSSR count). The van der Waals surface area contributed by atoms with Crippen LogP contribution in [0.1, 0.15) is 16.8 Å². The summed E-state index contributed by atoms with van der Waals surface area (Å²) in [5, 5.41) is 4.17. The molecule has 2 aromatic carbocycles. The summed E-state index contributed by atoms with van der Waals surface area (Å²) < 4.78 is 19.0. The van der Waals surface area contributed by atoms with Crippen LogP contribution in [0.2, 0.25) is 0 Å². The average molecular weight is 381 g/mol. The number of nitrogens with zero attached hydrogens (tertiary/aromatic N) is 3. The smallest absolute Gasteiger partial charge is 0.250 e. The number of para-hydroxylation sites is 1. The number of halogens is 1. The molecule has 3 N–H and O–H groups in total. The van der Waals surface area contributed by atoms with E-state index in [2.05, 4.69) is 20.2 Å². The van der Waals surface area contributed by atoms with E-state index in [4.69, 9.17) is 10.5 Å². The largest absolute Gasteiger partial charge is 0.494 e. The van der Waals surface area contributed by atoms with E-state index < -0.39 is 5.91 Å². The molecular formula is C20H20FN5O2. The zero-order chi connectivity index (χ0) is 19.7. The minimum atomic E-state index is -0.524. The van der Waals surface area contributed by atoms with E-state index >= 15 is 0 Å². The zero-order valence-electron chi connectivity index (χ0n) is 15.4. The molecule has 1 aliphatic rings. The molecule has 0 radical (unpaired) electrons. The van der Waals surface area contributed by atoms with Gasteiger partial charge in [-0.25, -0.2) is 14.4 Å². The van der Waals surface area contributed by atoms with E-state index in [1.165, 1.54) is 19.5 Å². The first-order chi connectivity index (χ1) is 13.6. The van der Waals surface area contributed by atoms with Gasteiger partial charge in [0, 0.05) is 36.3 Å². The van der Waals surface area contributed by atoms with E-state index in [-0.39, 0.29) is 17.6 Å². The number of fused-ring (bicyclic) bond motifs is 1. The Labute approximate surface area is 161 Å².